The van der Waals surface area contributed by atoms with Crippen LogP contribution in [0.25, 0.3) is 0 Å². The summed E-state index contributed by atoms with van der Waals surface area (Å²) in [5.41, 5.74) is 1.70. The third-order valence-corrected chi connectivity index (χ3v) is 5.13. The fraction of sp³-hybridized carbons (Fsp3) is 0.409. The van der Waals surface area contributed by atoms with Crippen molar-refractivity contribution in [1.82, 2.24) is 9.80 Å². The second-order valence-corrected chi connectivity index (χ2v) is 7.31. The van der Waals surface area contributed by atoms with Gasteiger partial charge in [0.1, 0.15) is 12.4 Å². The number of fused-ring (bicyclic) bond motifs is 1. The van der Waals surface area contributed by atoms with Crippen LogP contribution in [0.2, 0.25) is 0 Å². The van der Waals surface area contributed by atoms with Gasteiger partial charge in [0, 0.05) is 45.0 Å². The zero-order chi connectivity index (χ0) is 20.8. The topological polar surface area (TPSA) is 72.5 Å². The molecule has 8 nitrogen and oxygen atoms in total. The molecule has 160 valence electrons. The molecule has 0 spiro atoms. The van der Waals surface area contributed by atoms with Gasteiger partial charge in [0.25, 0.3) is 0 Å². The minimum absolute atomic E-state index is 0.128. The highest BCUT2D eigenvalue weighted by molar-refractivity contribution is 5.89. The highest BCUT2D eigenvalue weighted by Gasteiger charge is 2.15. The van der Waals surface area contributed by atoms with Crippen LogP contribution >= 0.6 is 0 Å². The summed E-state index contributed by atoms with van der Waals surface area (Å²) in [7, 11) is 1.81. The number of benzene rings is 2. The van der Waals surface area contributed by atoms with Gasteiger partial charge in [-0.05, 0) is 29.8 Å². The number of carbonyl (C=O) groups is 1. The molecule has 0 radical (unpaired) electrons. The average Bonchev–Trinajstić information content (AvgIpc) is 3.25. The lowest BCUT2D eigenvalue weighted by molar-refractivity contribution is 0.0359. The molecule has 1 N–H and O–H groups in total. The van der Waals surface area contributed by atoms with E-state index in [4.69, 9.17) is 18.9 Å². The number of hydrogen-bond donors (Lipinski definition) is 1. The van der Waals surface area contributed by atoms with Gasteiger partial charge in [-0.15, -0.1) is 0 Å². The predicted molar refractivity (Wildman–Crippen MR) is 112 cm³/mol. The van der Waals surface area contributed by atoms with Crippen LogP contribution in [0.4, 0.5) is 10.5 Å². The van der Waals surface area contributed by atoms with E-state index in [9.17, 15) is 4.79 Å². The lowest BCUT2D eigenvalue weighted by atomic mass is 10.2. The molecule has 2 aromatic rings. The molecule has 0 aromatic heterocycles. The normalized spacial score (nSPS) is 15.6. The Morgan fingerprint density at radius 3 is 2.83 bits per heavy atom. The zero-order valence-corrected chi connectivity index (χ0v) is 17.1. The highest BCUT2D eigenvalue weighted by atomic mass is 16.7. The van der Waals surface area contributed by atoms with Crippen molar-refractivity contribution < 1.29 is 23.7 Å². The summed E-state index contributed by atoms with van der Waals surface area (Å²) in [6.45, 7) is 5.49. The Hall–Kier alpha value is -2.97. The molecule has 2 aliphatic heterocycles. The van der Waals surface area contributed by atoms with Gasteiger partial charge in [-0.2, -0.15) is 0 Å². The maximum absolute atomic E-state index is 12.5. The molecule has 0 bridgehead atoms. The number of anilines is 1. The molecule has 1 fully saturated rings. The molecular weight excluding hydrogens is 386 g/mol. The molecule has 8 heteroatoms. The Kier molecular flexibility index (Phi) is 6.56. The lowest BCUT2D eigenvalue weighted by Gasteiger charge is -2.28. The summed E-state index contributed by atoms with van der Waals surface area (Å²) in [5.74, 6) is 2.12. The van der Waals surface area contributed by atoms with Gasteiger partial charge in [0.2, 0.25) is 6.79 Å². The number of hydrogen-bond acceptors (Lipinski definition) is 6. The van der Waals surface area contributed by atoms with Crippen LogP contribution in [-0.4, -0.2) is 69.1 Å². The molecule has 2 amide bonds. The molecule has 0 atom stereocenters. The number of urea groups is 1. The van der Waals surface area contributed by atoms with E-state index < -0.39 is 0 Å². The van der Waals surface area contributed by atoms with Crippen molar-refractivity contribution in [2.75, 3.05) is 58.6 Å². The van der Waals surface area contributed by atoms with E-state index in [1.54, 1.807) is 4.90 Å². The monoisotopic (exact) mass is 413 g/mol. The third kappa shape index (κ3) is 5.34. The predicted octanol–water partition coefficient (Wildman–Crippen LogP) is 2.79. The third-order valence-electron chi connectivity index (χ3n) is 5.13. The van der Waals surface area contributed by atoms with Crippen molar-refractivity contribution >= 4 is 11.7 Å². The Balaban J connectivity index is 1.26. The number of carbonyl (C=O) groups excluding carboxylic acids is 1. The zero-order valence-electron chi connectivity index (χ0n) is 17.1. The number of likely N-dealkylation sites (N-methyl/N-ethyl adjacent to an activating group) is 1. The molecule has 2 heterocycles. The standard InChI is InChI=1S/C22H27N3O5/c1-24(7-8-25-9-11-27-12-10-25)22(26)23-18-4-2-3-17(13-18)15-28-19-5-6-20-21(14-19)30-16-29-20/h2-6,13-14H,7-12,15-16H2,1H3,(H,23,26). The quantitative estimate of drug-likeness (QED) is 0.753. The SMILES string of the molecule is CN(CCN1CCOCC1)C(=O)Nc1cccc(COc2ccc3c(c2)OCO3)c1. The second-order valence-electron chi connectivity index (χ2n) is 7.31. The molecule has 0 saturated carbocycles. The number of nitrogens with one attached hydrogen (secondary N) is 1. The van der Waals surface area contributed by atoms with Gasteiger partial charge in [-0.3, -0.25) is 4.90 Å². The van der Waals surface area contributed by atoms with Gasteiger partial charge in [-0.1, -0.05) is 12.1 Å². The van der Waals surface area contributed by atoms with E-state index >= 15 is 0 Å². The first-order valence-corrected chi connectivity index (χ1v) is 10.1. The molecule has 0 unspecified atom stereocenters. The lowest BCUT2D eigenvalue weighted by Crippen LogP contribution is -2.42. The van der Waals surface area contributed by atoms with Crippen molar-refractivity contribution in [2.24, 2.45) is 0 Å². The van der Waals surface area contributed by atoms with Crippen LogP contribution in [-0.2, 0) is 11.3 Å². The highest BCUT2D eigenvalue weighted by Crippen LogP contribution is 2.35. The first-order valence-electron chi connectivity index (χ1n) is 10.1. The van der Waals surface area contributed by atoms with E-state index in [1.807, 2.05) is 49.5 Å². The second kappa shape index (κ2) is 9.69. The maximum atomic E-state index is 12.5. The molecule has 0 aliphatic carbocycles. The van der Waals surface area contributed by atoms with E-state index in [-0.39, 0.29) is 12.8 Å². The van der Waals surface area contributed by atoms with Gasteiger partial charge < -0.3 is 29.2 Å². The molecule has 2 aliphatic rings. The van der Waals surface area contributed by atoms with Crippen molar-refractivity contribution in [3.8, 4) is 17.2 Å². The van der Waals surface area contributed by atoms with Gasteiger partial charge in [-0.25, -0.2) is 4.79 Å². The molecule has 2 aromatic carbocycles. The minimum atomic E-state index is -0.128. The van der Waals surface area contributed by atoms with Gasteiger partial charge in [0.15, 0.2) is 11.5 Å². The Morgan fingerprint density at radius 2 is 1.97 bits per heavy atom. The molecular formula is C22H27N3O5. The van der Waals surface area contributed by atoms with Crippen molar-refractivity contribution in [2.45, 2.75) is 6.61 Å². The largest absolute Gasteiger partial charge is 0.489 e. The van der Waals surface area contributed by atoms with Gasteiger partial charge in [0.05, 0.1) is 13.2 Å². The Morgan fingerprint density at radius 1 is 1.13 bits per heavy atom. The average molecular weight is 413 g/mol. The summed E-state index contributed by atoms with van der Waals surface area (Å²) in [5, 5.41) is 2.95. The van der Waals surface area contributed by atoms with E-state index in [2.05, 4.69) is 10.2 Å². The summed E-state index contributed by atoms with van der Waals surface area (Å²) in [4.78, 5) is 16.5. The summed E-state index contributed by atoms with van der Waals surface area (Å²) < 4.78 is 21.9. The number of nitrogens with zero attached hydrogens (tertiary/aromatic N) is 2. The van der Waals surface area contributed by atoms with Crippen LogP contribution in [0.1, 0.15) is 5.56 Å². The fourth-order valence-corrected chi connectivity index (χ4v) is 3.31. The summed E-state index contributed by atoms with van der Waals surface area (Å²) >= 11 is 0. The van der Waals surface area contributed by atoms with E-state index in [1.165, 1.54) is 0 Å². The first kappa shape index (κ1) is 20.3. The number of ether oxygens (including phenoxy) is 4. The molecule has 1 saturated heterocycles. The van der Waals surface area contributed by atoms with Crippen LogP contribution in [0.15, 0.2) is 42.5 Å². The fourth-order valence-electron chi connectivity index (χ4n) is 3.31. The summed E-state index contributed by atoms with van der Waals surface area (Å²) in [6.07, 6.45) is 0. The number of morpholine rings is 1. The Labute approximate surface area is 176 Å². The summed E-state index contributed by atoms with van der Waals surface area (Å²) in [6, 6.07) is 13.0. The number of amides is 2. The number of rotatable bonds is 7. The van der Waals surface area contributed by atoms with E-state index in [0.29, 0.717) is 24.7 Å². The van der Waals surface area contributed by atoms with Crippen LogP contribution < -0.4 is 19.5 Å². The Bertz CT molecular complexity index is 870. The van der Waals surface area contributed by atoms with Gasteiger partial charge >= 0.3 is 6.03 Å². The van der Waals surface area contributed by atoms with Crippen LogP contribution in [0.5, 0.6) is 17.2 Å². The minimum Gasteiger partial charge on any atom is -0.489 e. The van der Waals surface area contributed by atoms with E-state index in [0.717, 1.165) is 49.8 Å². The molecule has 30 heavy (non-hydrogen) atoms. The van der Waals surface area contributed by atoms with Crippen molar-refractivity contribution in [1.29, 1.82) is 0 Å². The van der Waals surface area contributed by atoms with Crippen LogP contribution in [0, 0.1) is 0 Å². The van der Waals surface area contributed by atoms with Crippen LogP contribution in [0.3, 0.4) is 0 Å². The smallest absolute Gasteiger partial charge is 0.321 e. The molecule has 4 rings (SSSR count). The first-order chi connectivity index (χ1) is 14.7. The van der Waals surface area contributed by atoms with Crippen molar-refractivity contribution in [3.05, 3.63) is 48.0 Å². The maximum Gasteiger partial charge on any atom is 0.321 e. The van der Waals surface area contributed by atoms with Crippen molar-refractivity contribution in [3.63, 3.8) is 0 Å².